The second kappa shape index (κ2) is 5.93. The number of para-hydroxylation sites is 2. The first-order valence-electron chi connectivity index (χ1n) is 6.43. The van der Waals surface area contributed by atoms with E-state index in [4.69, 9.17) is 9.84 Å². The first kappa shape index (κ1) is 13.7. The lowest BCUT2D eigenvalue weighted by Gasteiger charge is -2.14. The second-order valence-electron chi connectivity index (χ2n) is 4.99. The molecule has 19 heavy (non-hydrogen) atoms. The molecule has 0 saturated heterocycles. The lowest BCUT2D eigenvalue weighted by molar-refractivity contribution is -0.119. The Labute approximate surface area is 113 Å². The third-order valence-corrected chi connectivity index (χ3v) is 3.50. The van der Waals surface area contributed by atoms with Crippen LogP contribution >= 0.6 is 0 Å². The first-order valence-corrected chi connectivity index (χ1v) is 6.43. The number of rotatable bonds is 7. The average Bonchev–Trinajstić information content (AvgIpc) is 3.24. The van der Waals surface area contributed by atoms with E-state index in [2.05, 4.69) is 10.6 Å². The monoisotopic (exact) mass is 264 g/mol. The molecular weight excluding hydrogens is 244 g/mol. The van der Waals surface area contributed by atoms with Gasteiger partial charge in [-0.2, -0.15) is 0 Å². The molecule has 0 bridgehead atoms. The van der Waals surface area contributed by atoms with Crippen LogP contribution in [0.3, 0.4) is 0 Å². The van der Waals surface area contributed by atoms with Crippen molar-refractivity contribution in [3.8, 4) is 5.75 Å². The molecule has 1 amide bonds. The number of nitrogens with one attached hydrogen (secondary N) is 2. The summed E-state index contributed by atoms with van der Waals surface area (Å²) < 4.78 is 5.19. The summed E-state index contributed by atoms with van der Waals surface area (Å²) in [4.78, 5) is 11.7. The van der Waals surface area contributed by atoms with E-state index in [0.717, 1.165) is 18.5 Å². The fourth-order valence-corrected chi connectivity index (χ4v) is 1.88. The van der Waals surface area contributed by atoms with Crippen LogP contribution in [-0.2, 0) is 4.79 Å². The molecule has 1 saturated carbocycles. The van der Waals surface area contributed by atoms with Crippen LogP contribution < -0.4 is 15.4 Å². The molecule has 0 aromatic heterocycles. The highest BCUT2D eigenvalue weighted by molar-refractivity contribution is 5.81. The topological polar surface area (TPSA) is 70.6 Å². The first-order chi connectivity index (χ1) is 9.19. The van der Waals surface area contributed by atoms with E-state index in [9.17, 15) is 4.79 Å². The number of carbonyl (C=O) groups excluding carboxylic acids is 1. The summed E-state index contributed by atoms with van der Waals surface area (Å²) in [6, 6.07) is 7.46. The summed E-state index contributed by atoms with van der Waals surface area (Å²) in [5, 5.41) is 15.0. The molecule has 0 heterocycles. The number of aliphatic hydroxyl groups is 1. The van der Waals surface area contributed by atoms with Crippen molar-refractivity contribution in [2.75, 3.05) is 32.1 Å². The van der Waals surface area contributed by atoms with Crippen molar-refractivity contribution in [3.05, 3.63) is 24.3 Å². The van der Waals surface area contributed by atoms with Gasteiger partial charge in [-0.15, -0.1) is 0 Å². The predicted molar refractivity (Wildman–Crippen MR) is 73.2 cm³/mol. The quantitative estimate of drug-likeness (QED) is 0.687. The van der Waals surface area contributed by atoms with Crippen LogP contribution in [0, 0.1) is 5.41 Å². The summed E-state index contributed by atoms with van der Waals surface area (Å²) in [5.41, 5.74) is 0.739. The van der Waals surface area contributed by atoms with Gasteiger partial charge in [0.2, 0.25) is 5.91 Å². The molecule has 2 rings (SSSR count). The van der Waals surface area contributed by atoms with Crippen molar-refractivity contribution >= 4 is 11.6 Å². The van der Waals surface area contributed by atoms with Crippen LogP contribution in [0.4, 0.5) is 5.69 Å². The standard InChI is InChI=1S/C14H20N2O3/c1-19-12-5-3-2-4-11(12)15-8-13(18)16-9-14(10-17)6-7-14/h2-5,15,17H,6-10H2,1H3,(H,16,18). The zero-order chi connectivity index (χ0) is 13.7. The summed E-state index contributed by atoms with van der Waals surface area (Å²) in [5.74, 6) is 0.634. The maximum absolute atomic E-state index is 11.7. The van der Waals surface area contributed by atoms with Gasteiger partial charge in [0.15, 0.2) is 0 Å². The number of hydrogen-bond acceptors (Lipinski definition) is 4. The average molecular weight is 264 g/mol. The SMILES string of the molecule is COc1ccccc1NCC(=O)NCC1(CO)CC1. The molecule has 104 valence electrons. The summed E-state index contributed by atoms with van der Waals surface area (Å²) in [6.45, 7) is 0.894. The third kappa shape index (κ3) is 3.61. The number of methoxy groups -OCH3 is 1. The molecule has 5 heteroatoms. The van der Waals surface area contributed by atoms with Crippen molar-refractivity contribution < 1.29 is 14.6 Å². The zero-order valence-corrected chi connectivity index (χ0v) is 11.1. The van der Waals surface area contributed by atoms with Crippen LogP contribution in [-0.4, -0.2) is 37.8 Å². The number of aliphatic hydroxyl groups excluding tert-OH is 1. The Bertz CT molecular complexity index is 444. The van der Waals surface area contributed by atoms with Gasteiger partial charge in [-0.3, -0.25) is 4.79 Å². The van der Waals surface area contributed by atoms with Crippen molar-refractivity contribution in [1.29, 1.82) is 0 Å². The molecule has 1 aliphatic rings. The van der Waals surface area contributed by atoms with Crippen molar-refractivity contribution in [2.24, 2.45) is 5.41 Å². The Morgan fingerprint density at radius 3 is 2.79 bits per heavy atom. The predicted octanol–water partition coefficient (Wildman–Crippen LogP) is 0.996. The molecule has 5 nitrogen and oxygen atoms in total. The lowest BCUT2D eigenvalue weighted by Crippen LogP contribution is -2.35. The molecular formula is C14H20N2O3. The number of amides is 1. The maximum atomic E-state index is 11.7. The molecule has 0 unspecified atom stereocenters. The second-order valence-corrected chi connectivity index (χ2v) is 4.99. The highest BCUT2D eigenvalue weighted by atomic mass is 16.5. The molecule has 1 aromatic rings. The van der Waals surface area contributed by atoms with Gasteiger partial charge in [0.25, 0.3) is 0 Å². The van der Waals surface area contributed by atoms with E-state index in [0.29, 0.717) is 12.3 Å². The zero-order valence-electron chi connectivity index (χ0n) is 11.1. The van der Waals surface area contributed by atoms with Crippen LogP contribution in [0.25, 0.3) is 0 Å². The van der Waals surface area contributed by atoms with Crippen molar-refractivity contribution in [1.82, 2.24) is 5.32 Å². The minimum Gasteiger partial charge on any atom is -0.495 e. The van der Waals surface area contributed by atoms with E-state index in [1.54, 1.807) is 7.11 Å². The van der Waals surface area contributed by atoms with Gasteiger partial charge < -0.3 is 20.5 Å². The van der Waals surface area contributed by atoms with E-state index in [-0.39, 0.29) is 24.5 Å². The smallest absolute Gasteiger partial charge is 0.239 e. The maximum Gasteiger partial charge on any atom is 0.239 e. The molecule has 1 aromatic carbocycles. The number of benzene rings is 1. The number of carbonyl (C=O) groups is 1. The molecule has 0 spiro atoms. The highest BCUT2D eigenvalue weighted by Crippen LogP contribution is 2.44. The van der Waals surface area contributed by atoms with Crippen molar-refractivity contribution in [3.63, 3.8) is 0 Å². The van der Waals surface area contributed by atoms with Crippen molar-refractivity contribution in [2.45, 2.75) is 12.8 Å². The molecule has 0 aliphatic heterocycles. The van der Waals surface area contributed by atoms with Gasteiger partial charge in [0.1, 0.15) is 5.75 Å². The minimum atomic E-state index is -0.0781. The van der Waals surface area contributed by atoms with Gasteiger partial charge in [-0.05, 0) is 25.0 Å². The Kier molecular flexibility index (Phi) is 4.27. The van der Waals surface area contributed by atoms with Gasteiger partial charge in [0, 0.05) is 12.0 Å². The molecule has 3 N–H and O–H groups in total. The van der Waals surface area contributed by atoms with Crippen LogP contribution in [0.2, 0.25) is 0 Å². The fraction of sp³-hybridized carbons (Fsp3) is 0.500. The van der Waals surface area contributed by atoms with E-state index in [1.165, 1.54) is 0 Å². The Morgan fingerprint density at radius 1 is 1.42 bits per heavy atom. The third-order valence-electron chi connectivity index (χ3n) is 3.50. The van der Waals surface area contributed by atoms with Gasteiger partial charge in [-0.25, -0.2) is 0 Å². The number of ether oxygens (including phenoxy) is 1. The molecule has 1 aliphatic carbocycles. The molecule has 0 atom stereocenters. The summed E-state index contributed by atoms with van der Waals surface area (Å²) in [6.07, 6.45) is 1.98. The number of anilines is 1. The molecule has 1 fully saturated rings. The minimum absolute atomic E-state index is 0.0555. The van der Waals surface area contributed by atoms with E-state index in [1.807, 2.05) is 24.3 Å². The number of hydrogen-bond donors (Lipinski definition) is 3. The largest absolute Gasteiger partial charge is 0.495 e. The Balaban J connectivity index is 1.77. The van der Waals surface area contributed by atoms with Crippen LogP contribution in [0.15, 0.2) is 24.3 Å². The summed E-state index contributed by atoms with van der Waals surface area (Å²) in [7, 11) is 1.60. The van der Waals surface area contributed by atoms with Gasteiger partial charge >= 0.3 is 0 Å². The normalized spacial score (nSPS) is 15.7. The highest BCUT2D eigenvalue weighted by Gasteiger charge is 2.41. The Morgan fingerprint density at radius 2 is 2.16 bits per heavy atom. The molecule has 0 radical (unpaired) electrons. The van der Waals surface area contributed by atoms with E-state index < -0.39 is 0 Å². The van der Waals surface area contributed by atoms with Gasteiger partial charge in [-0.1, -0.05) is 12.1 Å². The fourth-order valence-electron chi connectivity index (χ4n) is 1.88. The van der Waals surface area contributed by atoms with Gasteiger partial charge in [0.05, 0.1) is 25.9 Å². The Hall–Kier alpha value is -1.75. The summed E-state index contributed by atoms with van der Waals surface area (Å²) >= 11 is 0. The van der Waals surface area contributed by atoms with E-state index >= 15 is 0 Å². The van der Waals surface area contributed by atoms with Crippen LogP contribution in [0.5, 0.6) is 5.75 Å². The van der Waals surface area contributed by atoms with Crippen LogP contribution in [0.1, 0.15) is 12.8 Å². The lowest BCUT2D eigenvalue weighted by atomic mass is 10.1.